The monoisotopic (exact) mass is 494 g/mol. The Hall–Kier alpha value is -2.96. The van der Waals surface area contributed by atoms with Crippen LogP contribution in [0.4, 0.5) is 5.69 Å². The van der Waals surface area contributed by atoms with E-state index in [1.54, 1.807) is 18.0 Å². The normalized spacial score (nSPS) is 15.7. The minimum Gasteiger partial charge on any atom is -0.359 e. The van der Waals surface area contributed by atoms with Crippen LogP contribution in [-0.2, 0) is 4.79 Å². The highest BCUT2D eigenvalue weighted by atomic mass is 35.5. The molecule has 7 heteroatoms. The van der Waals surface area contributed by atoms with Gasteiger partial charge in [0, 0.05) is 29.7 Å². The summed E-state index contributed by atoms with van der Waals surface area (Å²) in [6.45, 7) is 6.90. The first-order valence-corrected chi connectivity index (χ1v) is 12.1. The number of halogens is 1. The summed E-state index contributed by atoms with van der Waals surface area (Å²) in [5, 5.41) is 7.22. The highest BCUT2D eigenvalue weighted by Gasteiger charge is 2.30. The summed E-state index contributed by atoms with van der Waals surface area (Å²) in [5.41, 5.74) is 5.74. The Kier molecular flexibility index (Phi) is 9.02. The third-order valence-electron chi connectivity index (χ3n) is 5.52. The molecule has 1 aliphatic heterocycles. The van der Waals surface area contributed by atoms with Gasteiger partial charge in [-0.25, -0.2) is 4.99 Å². The standard InChI is InChI=1S/C27H31ClN4OS/c1-18(2)9-8-10-19(3)15-16-29-27(34)31-25-26(33)32(4)23-14-13-21(28)17-22(23)24(30-25)20-11-6-5-7-12-20/h5-7,9,11-15,17,25H,8,10,16H2,1-4H3,(H2,29,31,34). The second kappa shape index (κ2) is 12.0. The third kappa shape index (κ3) is 6.78. The van der Waals surface area contributed by atoms with Crippen LogP contribution in [-0.4, -0.2) is 36.5 Å². The number of thiocarbonyl (C=S) groups is 1. The fraction of sp³-hybridized carbons (Fsp3) is 0.296. The summed E-state index contributed by atoms with van der Waals surface area (Å²) >= 11 is 11.8. The number of hydrogen-bond acceptors (Lipinski definition) is 3. The summed E-state index contributed by atoms with van der Waals surface area (Å²) < 4.78 is 0. The Morgan fingerprint density at radius 1 is 1.15 bits per heavy atom. The number of anilines is 1. The van der Waals surface area contributed by atoms with Crippen molar-refractivity contribution in [2.75, 3.05) is 18.5 Å². The number of aliphatic imine (C=N–C) groups is 1. The zero-order chi connectivity index (χ0) is 24.7. The van der Waals surface area contributed by atoms with Gasteiger partial charge in [0.1, 0.15) is 0 Å². The molecule has 2 aromatic carbocycles. The molecule has 2 aromatic rings. The number of benzodiazepines with no additional fused rings is 1. The zero-order valence-electron chi connectivity index (χ0n) is 20.1. The molecular formula is C27H31ClN4OS. The number of likely N-dealkylation sites (N-methyl/N-ethyl adjacent to an activating group) is 1. The minimum absolute atomic E-state index is 0.202. The Morgan fingerprint density at radius 2 is 1.88 bits per heavy atom. The fourth-order valence-corrected chi connectivity index (χ4v) is 4.02. The molecule has 1 amide bonds. The van der Waals surface area contributed by atoms with E-state index >= 15 is 0 Å². The minimum atomic E-state index is -0.867. The van der Waals surface area contributed by atoms with Gasteiger partial charge < -0.3 is 15.5 Å². The summed E-state index contributed by atoms with van der Waals surface area (Å²) in [6.07, 6.45) is 5.51. The van der Waals surface area contributed by atoms with Crippen LogP contribution in [0, 0.1) is 0 Å². The average Bonchev–Trinajstić information content (AvgIpc) is 2.90. The van der Waals surface area contributed by atoms with Crippen LogP contribution in [0.15, 0.2) is 76.8 Å². The fourth-order valence-electron chi connectivity index (χ4n) is 3.65. The Balaban J connectivity index is 1.78. The van der Waals surface area contributed by atoms with Crippen LogP contribution in [0.5, 0.6) is 0 Å². The SMILES string of the molecule is CC(C)=CCCC(C)=CCNC(=S)NC1N=C(c2ccccc2)c2cc(Cl)ccc2N(C)C1=O. The first-order chi connectivity index (χ1) is 16.3. The van der Waals surface area contributed by atoms with Crippen molar-refractivity contribution in [1.82, 2.24) is 10.6 Å². The Morgan fingerprint density at radius 3 is 2.59 bits per heavy atom. The van der Waals surface area contributed by atoms with E-state index in [1.165, 1.54) is 11.1 Å². The maximum atomic E-state index is 13.3. The van der Waals surface area contributed by atoms with Crippen molar-refractivity contribution in [2.24, 2.45) is 4.99 Å². The number of benzene rings is 2. The lowest BCUT2D eigenvalue weighted by Gasteiger charge is -2.21. The molecule has 0 saturated carbocycles. The largest absolute Gasteiger partial charge is 0.359 e. The number of nitrogens with one attached hydrogen (secondary N) is 2. The van der Waals surface area contributed by atoms with Crippen LogP contribution in [0.2, 0.25) is 5.02 Å². The van der Waals surface area contributed by atoms with Crippen molar-refractivity contribution in [3.63, 3.8) is 0 Å². The number of nitrogens with zero attached hydrogens (tertiary/aromatic N) is 2. The number of fused-ring (bicyclic) bond motifs is 1. The summed E-state index contributed by atoms with van der Waals surface area (Å²) in [6, 6.07) is 15.2. The maximum absolute atomic E-state index is 13.3. The first-order valence-electron chi connectivity index (χ1n) is 11.3. The molecule has 178 valence electrons. The molecule has 1 aliphatic rings. The van der Waals surface area contributed by atoms with E-state index in [-0.39, 0.29) is 5.91 Å². The molecule has 2 N–H and O–H groups in total. The van der Waals surface area contributed by atoms with E-state index < -0.39 is 6.17 Å². The number of carbonyl (C=O) groups excluding carboxylic acids is 1. The lowest BCUT2D eigenvalue weighted by Crippen LogP contribution is -2.49. The number of hydrogen-bond donors (Lipinski definition) is 2. The second-order valence-corrected chi connectivity index (χ2v) is 9.37. The smallest absolute Gasteiger partial charge is 0.272 e. The zero-order valence-corrected chi connectivity index (χ0v) is 21.6. The van der Waals surface area contributed by atoms with Gasteiger partial charge in [-0.2, -0.15) is 0 Å². The van der Waals surface area contributed by atoms with E-state index in [0.717, 1.165) is 29.7 Å². The molecule has 0 radical (unpaired) electrons. The highest BCUT2D eigenvalue weighted by Crippen LogP contribution is 2.29. The van der Waals surface area contributed by atoms with Crippen LogP contribution in [0.1, 0.15) is 44.7 Å². The number of allylic oxidation sites excluding steroid dienone is 3. The predicted molar refractivity (Wildman–Crippen MR) is 147 cm³/mol. The maximum Gasteiger partial charge on any atom is 0.272 e. The molecular weight excluding hydrogens is 464 g/mol. The molecule has 1 heterocycles. The van der Waals surface area contributed by atoms with Crippen LogP contribution < -0.4 is 15.5 Å². The van der Waals surface area contributed by atoms with E-state index in [1.807, 2.05) is 42.5 Å². The molecule has 3 rings (SSSR count). The molecule has 0 fully saturated rings. The van der Waals surface area contributed by atoms with E-state index in [9.17, 15) is 4.79 Å². The number of rotatable bonds is 7. The van der Waals surface area contributed by atoms with Crippen molar-refractivity contribution in [3.05, 3.63) is 88.0 Å². The van der Waals surface area contributed by atoms with E-state index in [0.29, 0.717) is 22.4 Å². The molecule has 0 bridgehead atoms. The highest BCUT2D eigenvalue weighted by molar-refractivity contribution is 7.80. The molecule has 0 saturated heterocycles. The number of amides is 1. The molecule has 5 nitrogen and oxygen atoms in total. The Bertz CT molecular complexity index is 1140. The number of carbonyl (C=O) groups is 1. The van der Waals surface area contributed by atoms with Crippen molar-refractivity contribution < 1.29 is 4.79 Å². The van der Waals surface area contributed by atoms with Gasteiger partial charge in [-0.05, 0) is 64.0 Å². The van der Waals surface area contributed by atoms with Crippen LogP contribution >= 0.6 is 23.8 Å². The quantitative estimate of drug-likeness (QED) is 0.386. The van der Waals surface area contributed by atoms with Crippen molar-refractivity contribution in [2.45, 2.75) is 39.8 Å². The topological polar surface area (TPSA) is 56.7 Å². The van der Waals surface area contributed by atoms with Gasteiger partial charge in [0.25, 0.3) is 5.91 Å². The molecule has 0 spiro atoms. The van der Waals surface area contributed by atoms with Gasteiger partial charge in [-0.15, -0.1) is 0 Å². The third-order valence-corrected chi connectivity index (χ3v) is 6.01. The van der Waals surface area contributed by atoms with Crippen molar-refractivity contribution in [1.29, 1.82) is 0 Å². The van der Waals surface area contributed by atoms with Gasteiger partial charge in [0.2, 0.25) is 6.17 Å². The van der Waals surface area contributed by atoms with Crippen LogP contribution in [0.25, 0.3) is 0 Å². The summed E-state index contributed by atoms with van der Waals surface area (Å²) in [5.74, 6) is -0.202. The molecule has 1 atom stereocenters. The van der Waals surface area contributed by atoms with Gasteiger partial charge in [0.15, 0.2) is 5.11 Å². The van der Waals surface area contributed by atoms with Gasteiger partial charge in [-0.1, -0.05) is 65.2 Å². The van der Waals surface area contributed by atoms with Gasteiger partial charge in [-0.3, -0.25) is 4.79 Å². The second-order valence-electron chi connectivity index (χ2n) is 8.53. The molecule has 0 aromatic heterocycles. The first kappa shape index (κ1) is 25.7. The summed E-state index contributed by atoms with van der Waals surface area (Å²) in [7, 11) is 1.74. The lowest BCUT2D eigenvalue weighted by atomic mass is 10.0. The predicted octanol–water partition coefficient (Wildman–Crippen LogP) is 5.64. The van der Waals surface area contributed by atoms with Crippen molar-refractivity contribution in [3.8, 4) is 0 Å². The van der Waals surface area contributed by atoms with E-state index in [4.69, 9.17) is 28.8 Å². The summed E-state index contributed by atoms with van der Waals surface area (Å²) in [4.78, 5) is 19.7. The molecule has 34 heavy (non-hydrogen) atoms. The molecule has 0 aliphatic carbocycles. The van der Waals surface area contributed by atoms with Crippen LogP contribution in [0.3, 0.4) is 0 Å². The Labute approximate surface area is 212 Å². The van der Waals surface area contributed by atoms with E-state index in [2.05, 4.69) is 43.6 Å². The van der Waals surface area contributed by atoms with Gasteiger partial charge in [0.05, 0.1) is 11.4 Å². The van der Waals surface area contributed by atoms with Crippen molar-refractivity contribution >= 4 is 46.2 Å². The average molecular weight is 495 g/mol. The molecule has 1 unspecified atom stereocenters. The lowest BCUT2D eigenvalue weighted by molar-refractivity contribution is -0.119. The van der Waals surface area contributed by atoms with Gasteiger partial charge >= 0.3 is 0 Å².